The fourth-order valence-electron chi connectivity index (χ4n) is 1.87. The van der Waals surface area contributed by atoms with Gasteiger partial charge in [0.05, 0.1) is 0 Å². The first-order valence-electron chi connectivity index (χ1n) is 5.45. The Kier molecular flexibility index (Phi) is 3.04. The summed E-state index contributed by atoms with van der Waals surface area (Å²) in [4.78, 5) is 2.44. The van der Waals surface area contributed by atoms with Gasteiger partial charge in [0.1, 0.15) is 0 Å². The molecule has 1 N–H and O–H groups in total. The van der Waals surface area contributed by atoms with Crippen LogP contribution in [0.3, 0.4) is 0 Å². The largest absolute Gasteiger partial charge is 0.369 e. The van der Waals surface area contributed by atoms with Crippen LogP contribution in [-0.2, 0) is 6.42 Å². The van der Waals surface area contributed by atoms with E-state index >= 15 is 0 Å². The Hall–Kier alpha value is -1.02. The van der Waals surface area contributed by atoms with Gasteiger partial charge in [-0.05, 0) is 24.1 Å². The van der Waals surface area contributed by atoms with Gasteiger partial charge in [-0.15, -0.1) is 0 Å². The first-order chi connectivity index (χ1) is 6.90. The fourth-order valence-corrected chi connectivity index (χ4v) is 1.87. The number of aryl methyl sites for hydroxylation is 1. The van der Waals surface area contributed by atoms with Crippen LogP contribution in [0.15, 0.2) is 24.3 Å². The molecular weight excluding hydrogens is 172 g/mol. The number of benzene rings is 1. The topological polar surface area (TPSA) is 15.3 Å². The van der Waals surface area contributed by atoms with E-state index in [1.54, 1.807) is 0 Å². The van der Waals surface area contributed by atoms with E-state index in [0.29, 0.717) is 0 Å². The van der Waals surface area contributed by atoms with Crippen molar-refractivity contribution in [2.24, 2.45) is 0 Å². The van der Waals surface area contributed by atoms with Gasteiger partial charge in [-0.3, -0.25) is 0 Å². The van der Waals surface area contributed by atoms with Crippen LogP contribution in [0, 0.1) is 0 Å². The van der Waals surface area contributed by atoms with E-state index in [1.165, 1.54) is 11.3 Å². The van der Waals surface area contributed by atoms with E-state index in [0.717, 1.165) is 32.6 Å². The van der Waals surface area contributed by atoms with Crippen LogP contribution >= 0.6 is 0 Å². The Morgan fingerprint density at radius 1 is 1.14 bits per heavy atom. The van der Waals surface area contributed by atoms with Gasteiger partial charge >= 0.3 is 0 Å². The normalized spacial score (nSPS) is 17.1. The van der Waals surface area contributed by atoms with Gasteiger partial charge in [-0.2, -0.15) is 0 Å². The van der Waals surface area contributed by atoms with Crippen LogP contribution in [0.2, 0.25) is 0 Å². The molecular formula is C12H18N2. The molecule has 2 rings (SSSR count). The van der Waals surface area contributed by atoms with Gasteiger partial charge in [0.15, 0.2) is 0 Å². The Balaban J connectivity index is 2.07. The zero-order valence-corrected chi connectivity index (χ0v) is 8.79. The summed E-state index contributed by atoms with van der Waals surface area (Å²) in [6.45, 7) is 6.67. The van der Waals surface area contributed by atoms with Crippen LogP contribution in [-0.4, -0.2) is 26.2 Å². The second-order valence-electron chi connectivity index (χ2n) is 3.76. The van der Waals surface area contributed by atoms with E-state index in [2.05, 4.69) is 41.4 Å². The van der Waals surface area contributed by atoms with Crippen LogP contribution in [0.25, 0.3) is 0 Å². The average molecular weight is 190 g/mol. The summed E-state index contributed by atoms with van der Waals surface area (Å²) in [5, 5.41) is 3.37. The number of nitrogens with one attached hydrogen (secondary N) is 1. The zero-order chi connectivity index (χ0) is 9.80. The van der Waals surface area contributed by atoms with E-state index in [1.807, 2.05) is 0 Å². The summed E-state index contributed by atoms with van der Waals surface area (Å²) in [5.74, 6) is 0. The summed E-state index contributed by atoms with van der Waals surface area (Å²) >= 11 is 0. The van der Waals surface area contributed by atoms with Crippen molar-refractivity contribution in [1.29, 1.82) is 0 Å². The lowest BCUT2D eigenvalue weighted by molar-refractivity contribution is 0.589. The molecule has 14 heavy (non-hydrogen) atoms. The molecule has 0 unspecified atom stereocenters. The number of hydrogen-bond donors (Lipinski definition) is 1. The first-order valence-corrected chi connectivity index (χ1v) is 5.45. The molecule has 1 aromatic carbocycles. The molecule has 76 valence electrons. The third-order valence-corrected chi connectivity index (χ3v) is 2.83. The van der Waals surface area contributed by atoms with Gasteiger partial charge in [-0.25, -0.2) is 0 Å². The van der Waals surface area contributed by atoms with E-state index in [4.69, 9.17) is 0 Å². The van der Waals surface area contributed by atoms with Crippen molar-refractivity contribution < 1.29 is 0 Å². The van der Waals surface area contributed by atoms with Crippen LogP contribution in [0.4, 0.5) is 5.69 Å². The molecule has 1 aromatic rings. The third kappa shape index (κ3) is 2.07. The summed E-state index contributed by atoms with van der Waals surface area (Å²) in [5.41, 5.74) is 2.78. The van der Waals surface area contributed by atoms with E-state index in [-0.39, 0.29) is 0 Å². The second kappa shape index (κ2) is 4.47. The minimum atomic E-state index is 1.11. The molecule has 1 saturated heterocycles. The third-order valence-electron chi connectivity index (χ3n) is 2.83. The van der Waals surface area contributed by atoms with Crippen molar-refractivity contribution in [2.45, 2.75) is 13.3 Å². The summed E-state index contributed by atoms with van der Waals surface area (Å²) < 4.78 is 0. The predicted molar refractivity (Wildman–Crippen MR) is 60.9 cm³/mol. The lowest BCUT2D eigenvalue weighted by Gasteiger charge is -2.29. The lowest BCUT2D eigenvalue weighted by Crippen LogP contribution is -2.43. The zero-order valence-electron chi connectivity index (χ0n) is 8.79. The van der Waals surface area contributed by atoms with Crippen LogP contribution in [0.5, 0.6) is 0 Å². The number of nitrogens with zero attached hydrogens (tertiary/aromatic N) is 1. The minimum absolute atomic E-state index is 1.11. The smallest absolute Gasteiger partial charge is 0.0367 e. The average Bonchev–Trinajstić information content (AvgIpc) is 2.30. The first kappa shape index (κ1) is 9.53. The quantitative estimate of drug-likeness (QED) is 0.763. The molecule has 0 amide bonds. The summed E-state index contributed by atoms with van der Waals surface area (Å²) in [6, 6.07) is 8.95. The summed E-state index contributed by atoms with van der Waals surface area (Å²) in [7, 11) is 0. The molecule has 1 fully saturated rings. The molecule has 1 heterocycles. The maximum Gasteiger partial charge on any atom is 0.0367 e. The Morgan fingerprint density at radius 2 is 1.79 bits per heavy atom. The van der Waals surface area contributed by atoms with Crippen molar-refractivity contribution in [3.8, 4) is 0 Å². The molecule has 1 aliphatic rings. The highest BCUT2D eigenvalue weighted by Gasteiger charge is 2.09. The van der Waals surface area contributed by atoms with E-state index in [9.17, 15) is 0 Å². The molecule has 2 nitrogen and oxygen atoms in total. The summed E-state index contributed by atoms with van der Waals surface area (Å²) in [6.07, 6.45) is 1.13. The van der Waals surface area contributed by atoms with Gasteiger partial charge in [0.2, 0.25) is 0 Å². The molecule has 1 aliphatic heterocycles. The monoisotopic (exact) mass is 190 g/mol. The maximum atomic E-state index is 3.37. The van der Waals surface area contributed by atoms with E-state index < -0.39 is 0 Å². The molecule has 2 heteroatoms. The van der Waals surface area contributed by atoms with Crippen molar-refractivity contribution in [3.63, 3.8) is 0 Å². The van der Waals surface area contributed by atoms with Crippen molar-refractivity contribution in [1.82, 2.24) is 5.32 Å². The Morgan fingerprint density at radius 3 is 2.36 bits per heavy atom. The molecule has 0 saturated carbocycles. The molecule has 0 aliphatic carbocycles. The molecule has 0 aromatic heterocycles. The maximum absolute atomic E-state index is 3.37. The SMILES string of the molecule is CCc1ccc(N2CCNCC2)cc1. The highest BCUT2D eigenvalue weighted by atomic mass is 15.2. The minimum Gasteiger partial charge on any atom is -0.369 e. The highest BCUT2D eigenvalue weighted by Crippen LogP contribution is 2.15. The van der Waals surface area contributed by atoms with Crippen molar-refractivity contribution in [3.05, 3.63) is 29.8 Å². The number of hydrogen-bond acceptors (Lipinski definition) is 2. The number of piperazine rings is 1. The Labute approximate surface area is 85.9 Å². The molecule has 0 atom stereocenters. The number of rotatable bonds is 2. The van der Waals surface area contributed by atoms with Gasteiger partial charge in [0, 0.05) is 31.9 Å². The lowest BCUT2D eigenvalue weighted by atomic mass is 10.1. The van der Waals surface area contributed by atoms with Crippen LogP contribution < -0.4 is 10.2 Å². The van der Waals surface area contributed by atoms with Gasteiger partial charge in [0.25, 0.3) is 0 Å². The van der Waals surface area contributed by atoms with Crippen molar-refractivity contribution >= 4 is 5.69 Å². The fraction of sp³-hybridized carbons (Fsp3) is 0.500. The van der Waals surface area contributed by atoms with Gasteiger partial charge < -0.3 is 10.2 Å². The van der Waals surface area contributed by atoms with Crippen LogP contribution in [0.1, 0.15) is 12.5 Å². The van der Waals surface area contributed by atoms with Crippen molar-refractivity contribution in [2.75, 3.05) is 31.1 Å². The number of anilines is 1. The standard InChI is InChI=1S/C12H18N2/c1-2-11-3-5-12(6-4-11)14-9-7-13-8-10-14/h3-6,13H,2,7-10H2,1H3. The van der Waals surface area contributed by atoms with Gasteiger partial charge in [-0.1, -0.05) is 19.1 Å². The highest BCUT2D eigenvalue weighted by molar-refractivity contribution is 5.48. The molecule has 0 bridgehead atoms. The second-order valence-corrected chi connectivity index (χ2v) is 3.76. The molecule has 0 spiro atoms. The predicted octanol–water partition coefficient (Wildman–Crippen LogP) is 1.66. The molecule has 0 radical (unpaired) electrons. The Bertz CT molecular complexity index is 273.